The van der Waals surface area contributed by atoms with Gasteiger partial charge in [-0.05, 0) is 38.7 Å². The second kappa shape index (κ2) is 4.97. The largest absolute Gasteiger partial charge is 0.383 e. The van der Waals surface area contributed by atoms with Crippen molar-refractivity contribution in [2.75, 3.05) is 5.73 Å². The van der Waals surface area contributed by atoms with Crippen LogP contribution in [0.1, 0.15) is 57.0 Å². The third-order valence-corrected chi connectivity index (χ3v) is 4.07. The van der Waals surface area contributed by atoms with Crippen molar-refractivity contribution in [2.24, 2.45) is 0 Å². The topological polar surface area (TPSA) is 43.8 Å². The van der Waals surface area contributed by atoms with E-state index in [0.29, 0.717) is 12.0 Å². The van der Waals surface area contributed by atoms with E-state index in [-0.39, 0.29) is 0 Å². The maximum atomic E-state index is 6.37. The van der Waals surface area contributed by atoms with Gasteiger partial charge < -0.3 is 10.3 Å². The Morgan fingerprint density at radius 1 is 1.25 bits per heavy atom. The maximum Gasteiger partial charge on any atom is 0.131 e. The summed E-state index contributed by atoms with van der Waals surface area (Å²) in [5.74, 6) is 2.60. The molecule has 0 saturated heterocycles. The lowest BCUT2D eigenvalue weighted by atomic mass is 10.1. The number of rotatable bonds is 4. The molecule has 0 amide bonds. The molecule has 0 radical (unpaired) electrons. The molecular formula is C17H23N3. The lowest BCUT2D eigenvalue weighted by molar-refractivity contribution is 0.576. The first-order valence-electron chi connectivity index (χ1n) is 7.58. The standard InChI is InChI=1S/C17H23N3/c1-4-12-5-7-13(8-6-12)15-16(18)20(11(2)3)17(19-15)14-9-10-14/h5-8,11,14H,4,9-10,18H2,1-3H3. The van der Waals surface area contributed by atoms with Crippen molar-refractivity contribution in [1.82, 2.24) is 9.55 Å². The summed E-state index contributed by atoms with van der Waals surface area (Å²) in [5, 5.41) is 0. The number of hydrogen-bond acceptors (Lipinski definition) is 2. The van der Waals surface area contributed by atoms with Gasteiger partial charge in [0.15, 0.2) is 0 Å². The van der Waals surface area contributed by atoms with E-state index in [1.165, 1.54) is 24.2 Å². The molecule has 20 heavy (non-hydrogen) atoms. The van der Waals surface area contributed by atoms with E-state index in [2.05, 4.69) is 49.6 Å². The van der Waals surface area contributed by atoms with Gasteiger partial charge in [-0.25, -0.2) is 4.98 Å². The number of aromatic nitrogens is 2. The SMILES string of the molecule is CCc1ccc(-c2nc(C3CC3)n(C(C)C)c2N)cc1. The molecule has 1 fully saturated rings. The van der Waals surface area contributed by atoms with Crippen LogP contribution >= 0.6 is 0 Å². The highest BCUT2D eigenvalue weighted by atomic mass is 15.2. The normalized spacial score (nSPS) is 15.0. The molecule has 3 nitrogen and oxygen atoms in total. The highest BCUT2D eigenvalue weighted by molar-refractivity contribution is 5.71. The van der Waals surface area contributed by atoms with E-state index in [9.17, 15) is 0 Å². The van der Waals surface area contributed by atoms with Crippen LogP contribution in [0.15, 0.2) is 24.3 Å². The Labute approximate surface area is 120 Å². The van der Waals surface area contributed by atoms with Crippen molar-refractivity contribution < 1.29 is 0 Å². The zero-order valence-electron chi connectivity index (χ0n) is 12.6. The second-order valence-electron chi connectivity index (χ2n) is 5.99. The van der Waals surface area contributed by atoms with Crippen LogP contribution in [0.5, 0.6) is 0 Å². The second-order valence-corrected chi connectivity index (χ2v) is 5.99. The number of nitrogens with zero attached hydrogens (tertiary/aromatic N) is 2. The van der Waals surface area contributed by atoms with E-state index in [1.807, 2.05) is 0 Å². The van der Waals surface area contributed by atoms with Gasteiger partial charge in [0.1, 0.15) is 17.3 Å². The van der Waals surface area contributed by atoms with Crippen LogP contribution in [0.2, 0.25) is 0 Å². The van der Waals surface area contributed by atoms with Crippen molar-refractivity contribution in [1.29, 1.82) is 0 Å². The number of nitrogens with two attached hydrogens (primary N) is 1. The van der Waals surface area contributed by atoms with Crippen LogP contribution in [0.25, 0.3) is 11.3 Å². The average Bonchev–Trinajstić information content (AvgIpc) is 3.22. The lowest BCUT2D eigenvalue weighted by Gasteiger charge is -2.13. The molecule has 1 aromatic heterocycles. The Morgan fingerprint density at radius 2 is 1.90 bits per heavy atom. The fourth-order valence-corrected chi connectivity index (χ4v) is 2.75. The van der Waals surface area contributed by atoms with Crippen LogP contribution in [0.4, 0.5) is 5.82 Å². The molecule has 0 bridgehead atoms. The summed E-state index contributed by atoms with van der Waals surface area (Å²) in [7, 11) is 0. The maximum absolute atomic E-state index is 6.37. The molecule has 1 aliphatic carbocycles. The number of nitrogen functional groups attached to an aromatic ring is 1. The Hall–Kier alpha value is -1.77. The minimum atomic E-state index is 0.363. The van der Waals surface area contributed by atoms with Gasteiger partial charge in [0.25, 0.3) is 0 Å². The molecule has 3 rings (SSSR count). The van der Waals surface area contributed by atoms with Gasteiger partial charge in [0.05, 0.1) is 0 Å². The summed E-state index contributed by atoms with van der Waals surface area (Å²) in [6, 6.07) is 8.97. The zero-order chi connectivity index (χ0) is 14.3. The summed E-state index contributed by atoms with van der Waals surface area (Å²) >= 11 is 0. The predicted molar refractivity (Wildman–Crippen MR) is 83.8 cm³/mol. The molecule has 0 unspecified atom stereocenters. The van der Waals surface area contributed by atoms with Crippen molar-refractivity contribution in [3.05, 3.63) is 35.7 Å². The van der Waals surface area contributed by atoms with Crippen molar-refractivity contribution in [2.45, 2.75) is 52.0 Å². The number of imidazole rings is 1. The van der Waals surface area contributed by atoms with Crippen molar-refractivity contribution >= 4 is 5.82 Å². The molecule has 1 aliphatic rings. The molecule has 106 valence electrons. The highest BCUT2D eigenvalue weighted by Crippen LogP contribution is 2.43. The molecule has 2 aromatic rings. The Bertz CT molecular complexity index is 604. The third kappa shape index (κ3) is 2.21. The quantitative estimate of drug-likeness (QED) is 0.906. The van der Waals surface area contributed by atoms with Crippen LogP contribution in [0.3, 0.4) is 0 Å². The van der Waals surface area contributed by atoms with E-state index in [1.54, 1.807) is 0 Å². The zero-order valence-corrected chi connectivity index (χ0v) is 12.6. The fourth-order valence-electron chi connectivity index (χ4n) is 2.75. The predicted octanol–water partition coefficient (Wildman–Crippen LogP) is 4.15. The summed E-state index contributed by atoms with van der Waals surface area (Å²) in [5.41, 5.74) is 9.79. The number of aryl methyl sites for hydroxylation is 1. The van der Waals surface area contributed by atoms with Gasteiger partial charge in [-0.15, -0.1) is 0 Å². The number of anilines is 1. The smallest absolute Gasteiger partial charge is 0.131 e. The minimum absolute atomic E-state index is 0.363. The molecule has 0 aliphatic heterocycles. The van der Waals surface area contributed by atoms with Gasteiger partial charge in [-0.2, -0.15) is 0 Å². The van der Waals surface area contributed by atoms with Gasteiger partial charge >= 0.3 is 0 Å². The van der Waals surface area contributed by atoms with Gasteiger partial charge in [-0.1, -0.05) is 31.2 Å². The number of hydrogen-bond donors (Lipinski definition) is 1. The first-order valence-corrected chi connectivity index (χ1v) is 7.58. The van der Waals surface area contributed by atoms with E-state index >= 15 is 0 Å². The molecule has 2 N–H and O–H groups in total. The van der Waals surface area contributed by atoms with Crippen LogP contribution in [-0.2, 0) is 6.42 Å². The van der Waals surface area contributed by atoms with Crippen LogP contribution in [0, 0.1) is 0 Å². The summed E-state index contributed by atoms with van der Waals surface area (Å²) in [4.78, 5) is 4.86. The van der Waals surface area contributed by atoms with Crippen molar-refractivity contribution in [3.63, 3.8) is 0 Å². The van der Waals surface area contributed by atoms with Crippen LogP contribution in [-0.4, -0.2) is 9.55 Å². The first kappa shape index (κ1) is 13.2. The molecule has 1 heterocycles. The molecule has 1 aromatic carbocycles. The monoisotopic (exact) mass is 269 g/mol. The number of benzene rings is 1. The third-order valence-electron chi connectivity index (χ3n) is 4.07. The van der Waals surface area contributed by atoms with E-state index < -0.39 is 0 Å². The molecule has 0 spiro atoms. The Morgan fingerprint density at radius 3 is 2.40 bits per heavy atom. The van der Waals surface area contributed by atoms with E-state index in [4.69, 9.17) is 10.7 Å². The Kier molecular flexibility index (Phi) is 3.28. The summed E-state index contributed by atoms with van der Waals surface area (Å²) < 4.78 is 2.21. The molecule has 3 heteroatoms. The van der Waals surface area contributed by atoms with Gasteiger partial charge in [0, 0.05) is 17.5 Å². The van der Waals surface area contributed by atoms with Gasteiger partial charge in [0.2, 0.25) is 0 Å². The minimum Gasteiger partial charge on any atom is -0.383 e. The summed E-state index contributed by atoms with van der Waals surface area (Å²) in [6.07, 6.45) is 3.55. The average molecular weight is 269 g/mol. The van der Waals surface area contributed by atoms with Crippen LogP contribution < -0.4 is 5.73 Å². The highest BCUT2D eigenvalue weighted by Gasteiger charge is 2.31. The first-order chi connectivity index (χ1) is 9.61. The fraction of sp³-hybridized carbons (Fsp3) is 0.471. The lowest BCUT2D eigenvalue weighted by Crippen LogP contribution is -2.08. The molecule has 1 saturated carbocycles. The molecule has 0 atom stereocenters. The van der Waals surface area contributed by atoms with Gasteiger partial charge in [-0.3, -0.25) is 0 Å². The molecular weight excluding hydrogens is 246 g/mol. The Balaban J connectivity index is 2.06. The van der Waals surface area contributed by atoms with E-state index in [0.717, 1.165) is 23.5 Å². The summed E-state index contributed by atoms with van der Waals surface area (Å²) in [6.45, 7) is 6.52. The van der Waals surface area contributed by atoms with Crippen molar-refractivity contribution in [3.8, 4) is 11.3 Å².